The summed E-state index contributed by atoms with van der Waals surface area (Å²) in [7, 11) is 0. The second-order valence-corrected chi connectivity index (χ2v) is 10.1. The van der Waals surface area contributed by atoms with Gasteiger partial charge in [0.25, 0.3) is 0 Å². The van der Waals surface area contributed by atoms with E-state index in [1.807, 2.05) is 12.1 Å². The zero-order valence-electron chi connectivity index (χ0n) is 18.3. The lowest BCUT2D eigenvalue weighted by atomic mass is 9.65. The van der Waals surface area contributed by atoms with Gasteiger partial charge in [-0.15, -0.1) is 15.3 Å². The predicted molar refractivity (Wildman–Crippen MR) is 124 cm³/mol. The Bertz CT molecular complexity index is 918. The minimum atomic E-state index is 0.0121. The molecule has 2 aromatic heterocycles. The van der Waals surface area contributed by atoms with Gasteiger partial charge in [-0.3, -0.25) is 4.79 Å². The lowest BCUT2D eigenvalue weighted by Crippen LogP contribution is -2.32. The summed E-state index contributed by atoms with van der Waals surface area (Å²) in [6.07, 6.45) is 7.24. The summed E-state index contributed by atoms with van der Waals surface area (Å²) in [6, 6.07) is 4.13. The van der Waals surface area contributed by atoms with Crippen molar-refractivity contribution in [1.82, 2.24) is 20.4 Å². The van der Waals surface area contributed by atoms with Crippen LogP contribution in [0.25, 0.3) is 0 Å². The molecule has 3 atom stereocenters. The first-order valence-electron chi connectivity index (χ1n) is 11.0. The van der Waals surface area contributed by atoms with Gasteiger partial charge in [0.05, 0.1) is 0 Å². The molecule has 2 aromatic rings. The molecule has 8 nitrogen and oxygen atoms in total. The third kappa shape index (κ3) is 5.39. The Labute approximate surface area is 187 Å². The number of rotatable bonds is 7. The lowest BCUT2D eigenvalue weighted by molar-refractivity contribution is -0.119. The Balaban J connectivity index is 1.30. The van der Waals surface area contributed by atoms with E-state index in [4.69, 9.17) is 0 Å². The van der Waals surface area contributed by atoms with Crippen LogP contribution in [0, 0.1) is 11.3 Å². The van der Waals surface area contributed by atoms with Gasteiger partial charge in [-0.25, -0.2) is 0 Å². The highest BCUT2D eigenvalue weighted by atomic mass is 32.1. The third-order valence-corrected chi connectivity index (χ3v) is 7.17. The number of allylic oxidation sites excluding steroid dienone is 1. The summed E-state index contributed by atoms with van der Waals surface area (Å²) in [5.74, 6) is 1.49. The van der Waals surface area contributed by atoms with Gasteiger partial charge in [0.2, 0.25) is 16.2 Å². The number of aromatic nitrogens is 4. The lowest BCUT2D eigenvalue weighted by Gasteiger charge is -2.40. The molecule has 1 saturated carbocycles. The van der Waals surface area contributed by atoms with Crippen LogP contribution in [0.15, 0.2) is 30.5 Å². The molecule has 4 rings (SSSR count). The van der Waals surface area contributed by atoms with Gasteiger partial charge >= 0.3 is 0 Å². The smallest absolute Gasteiger partial charge is 0.226 e. The Hall–Kier alpha value is -2.55. The van der Waals surface area contributed by atoms with Crippen molar-refractivity contribution in [1.29, 1.82) is 0 Å². The van der Waals surface area contributed by atoms with Gasteiger partial charge in [0, 0.05) is 31.7 Å². The Morgan fingerprint density at radius 3 is 2.94 bits per heavy atom. The molecule has 0 bridgehead atoms. The van der Waals surface area contributed by atoms with Gasteiger partial charge in [-0.05, 0) is 55.6 Å². The highest BCUT2D eigenvalue weighted by molar-refractivity contribution is 7.19. The fourth-order valence-electron chi connectivity index (χ4n) is 5.07. The van der Waals surface area contributed by atoms with Gasteiger partial charge < -0.3 is 15.5 Å². The zero-order chi connectivity index (χ0) is 21.8. The first kappa shape index (κ1) is 21.7. The predicted octanol–water partition coefficient (Wildman–Crippen LogP) is 4.12. The molecule has 0 radical (unpaired) electrons. The van der Waals surface area contributed by atoms with Crippen LogP contribution in [0.1, 0.15) is 52.4 Å². The van der Waals surface area contributed by atoms with Crippen molar-refractivity contribution in [2.45, 2.75) is 58.4 Å². The van der Waals surface area contributed by atoms with E-state index in [0.29, 0.717) is 17.5 Å². The molecule has 2 fully saturated rings. The highest BCUT2D eigenvalue weighted by Gasteiger charge is 2.37. The Kier molecular flexibility index (Phi) is 6.50. The van der Waals surface area contributed by atoms with Crippen molar-refractivity contribution in [3.8, 4) is 0 Å². The van der Waals surface area contributed by atoms with E-state index >= 15 is 0 Å². The van der Waals surface area contributed by atoms with Crippen LogP contribution in [-0.2, 0) is 4.79 Å². The maximum Gasteiger partial charge on any atom is 0.226 e. The number of hydrogen-bond acceptors (Lipinski definition) is 8. The number of carbonyl (C=O) groups is 1. The number of anilines is 3. The van der Waals surface area contributed by atoms with Crippen molar-refractivity contribution < 1.29 is 4.79 Å². The summed E-state index contributed by atoms with van der Waals surface area (Å²) in [5, 5.41) is 24.2. The van der Waals surface area contributed by atoms with E-state index in [0.717, 1.165) is 56.1 Å². The monoisotopic (exact) mass is 441 g/mol. The van der Waals surface area contributed by atoms with Crippen LogP contribution in [0.5, 0.6) is 0 Å². The number of nitrogens with one attached hydrogen (secondary N) is 2. The van der Waals surface area contributed by atoms with Crippen molar-refractivity contribution in [2.24, 2.45) is 11.3 Å². The second kappa shape index (κ2) is 9.30. The Morgan fingerprint density at radius 1 is 1.35 bits per heavy atom. The van der Waals surface area contributed by atoms with E-state index in [1.54, 1.807) is 6.20 Å². The average Bonchev–Trinajstić information content (AvgIpc) is 3.37. The molecular weight excluding hydrogens is 410 g/mol. The van der Waals surface area contributed by atoms with Gasteiger partial charge in [-0.1, -0.05) is 37.3 Å². The average molecular weight is 442 g/mol. The molecule has 0 spiro atoms. The molecular formula is C22H31N7OS. The van der Waals surface area contributed by atoms with Crippen LogP contribution < -0.4 is 15.5 Å². The first-order valence-corrected chi connectivity index (χ1v) is 11.9. The van der Waals surface area contributed by atoms with Crippen molar-refractivity contribution in [3.63, 3.8) is 0 Å². The van der Waals surface area contributed by atoms with E-state index in [1.165, 1.54) is 16.9 Å². The minimum absolute atomic E-state index is 0.0121. The molecule has 2 N–H and O–H groups in total. The first-order chi connectivity index (χ1) is 14.9. The summed E-state index contributed by atoms with van der Waals surface area (Å²) >= 11 is 1.39. The molecule has 3 unspecified atom stereocenters. The Morgan fingerprint density at radius 2 is 2.19 bits per heavy atom. The molecule has 166 valence electrons. The molecule has 2 aliphatic rings. The van der Waals surface area contributed by atoms with E-state index < -0.39 is 0 Å². The molecule has 0 aromatic carbocycles. The quantitative estimate of drug-likeness (QED) is 0.624. The van der Waals surface area contributed by atoms with Gasteiger partial charge in [0.15, 0.2) is 5.82 Å². The van der Waals surface area contributed by atoms with Crippen molar-refractivity contribution >= 4 is 33.3 Å². The van der Waals surface area contributed by atoms with Crippen LogP contribution in [0.3, 0.4) is 0 Å². The van der Waals surface area contributed by atoms with E-state index in [2.05, 4.69) is 56.4 Å². The molecule has 9 heteroatoms. The maximum atomic E-state index is 12.8. The molecule has 31 heavy (non-hydrogen) atoms. The zero-order valence-corrected chi connectivity index (χ0v) is 19.1. The number of nitrogens with zero attached hydrogens (tertiary/aromatic N) is 5. The summed E-state index contributed by atoms with van der Waals surface area (Å²) in [6.45, 7) is 10.4. The molecule has 3 heterocycles. The molecule has 1 aliphatic carbocycles. The molecule has 1 amide bonds. The van der Waals surface area contributed by atoms with Crippen LogP contribution in [-0.4, -0.2) is 45.4 Å². The van der Waals surface area contributed by atoms with Crippen LogP contribution in [0.2, 0.25) is 0 Å². The standard InChI is InChI=1S/C22H31N7OS/c1-4-22(11-15(2)10-16(3)12-22)13-19(30)25-21-28-27-20(31-21)24-17-7-9-29(14-17)18-6-5-8-23-26-18/h5-6,8,16-17H,2,4,7,9-14H2,1,3H3,(H,24,27)(H,25,28,30). The topological polar surface area (TPSA) is 95.9 Å². The number of amides is 1. The second-order valence-electron chi connectivity index (χ2n) is 9.09. The summed E-state index contributed by atoms with van der Waals surface area (Å²) in [4.78, 5) is 15.0. The van der Waals surface area contributed by atoms with E-state index in [-0.39, 0.29) is 17.4 Å². The van der Waals surface area contributed by atoms with E-state index in [9.17, 15) is 4.79 Å². The van der Waals surface area contributed by atoms with Gasteiger partial charge in [-0.2, -0.15) is 5.10 Å². The minimum Gasteiger partial charge on any atom is -0.355 e. The number of hydrogen-bond donors (Lipinski definition) is 2. The third-order valence-electron chi connectivity index (χ3n) is 6.40. The highest BCUT2D eigenvalue weighted by Crippen LogP contribution is 2.46. The summed E-state index contributed by atoms with van der Waals surface area (Å²) < 4.78 is 0. The van der Waals surface area contributed by atoms with Crippen LogP contribution >= 0.6 is 11.3 Å². The van der Waals surface area contributed by atoms with Crippen molar-refractivity contribution in [3.05, 3.63) is 30.5 Å². The molecule has 1 aliphatic heterocycles. The van der Waals surface area contributed by atoms with Crippen LogP contribution in [0.4, 0.5) is 16.1 Å². The van der Waals surface area contributed by atoms with Gasteiger partial charge in [0.1, 0.15) is 0 Å². The maximum absolute atomic E-state index is 12.8. The largest absolute Gasteiger partial charge is 0.355 e. The van der Waals surface area contributed by atoms with Crippen molar-refractivity contribution in [2.75, 3.05) is 28.6 Å². The molecule has 1 saturated heterocycles. The summed E-state index contributed by atoms with van der Waals surface area (Å²) in [5.41, 5.74) is 1.28. The SMILES string of the molecule is C=C1CC(C)CC(CC)(CC(=O)Nc2nnc(NC3CCN(c4cccnn4)C3)s2)C1. The normalized spacial score (nSPS) is 26.1. The number of carbonyl (C=O) groups excluding carboxylic acids is 1. The fraction of sp³-hybridized carbons (Fsp3) is 0.591. The fourth-order valence-corrected chi connectivity index (χ4v) is 5.80.